The topological polar surface area (TPSA) is 20.2 Å². The molecule has 1 nitrogen and oxygen atoms in total. The first kappa shape index (κ1) is 8.54. The maximum absolute atomic E-state index is 8.90. The molecule has 1 N–H and O–H groups in total. The average molecular weight is 152 g/mol. The second-order valence-corrected chi connectivity index (χ2v) is 3.37. The zero-order chi connectivity index (χ0) is 8.27. The quantitative estimate of drug-likeness (QED) is 0.642. The molecule has 0 heterocycles. The van der Waals surface area contributed by atoms with E-state index in [0.29, 0.717) is 18.4 Å². The molecular formula is C10H16O. The van der Waals surface area contributed by atoms with E-state index in [1.54, 1.807) is 0 Å². The molecule has 1 heteroatoms. The summed E-state index contributed by atoms with van der Waals surface area (Å²) in [5.41, 5.74) is 1.34. The first-order valence-electron chi connectivity index (χ1n) is 4.20. The van der Waals surface area contributed by atoms with Crippen molar-refractivity contribution >= 4 is 0 Å². The number of hydrogen-bond donors (Lipinski definition) is 1. The van der Waals surface area contributed by atoms with Gasteiger partial charge in [-0.3, -0.25) is 0 Å². The summed E-state index contributed by atoms with van der Waals surface area (Å²) in [4.78, 5) is 0. The molecule has 0 fully saturated rings. The highest BCUT2D eigenvalue weighted by Crippen LogP contribution is 2.22. The summed E-state index contributed by atoms with van der Waals surface area (Å²) in [5.74, 6) is 0.944. The van der Waals surface area contributed by atoms with Gasteiger partial charge in [0, 0.05) is 6.61 Å². The molecule has 0 radical (unpaired) electrons. The van der Waals surface area contributed by atoms with Crippen LogP contribution >= 0.6 is 0 Å². The van der Waals surface area contributed by atoms with E-state index < -0.39 is 0 Å². The van der Waals surface area contributed by atoms with Crippen LogP contribution in [0.3, 0.4) is 0 Å². The highest BCUT2D eigenvalue weighted by atomic mass is 16.3. The molecule has 0 aromatic rings. The molecule has 0 aliphatic heterocycles. The molecule has 0 aromatic carbocycles. The molecular weight excluding hydrogens is 136 g/mol. The normalized spacial score (nSPS) is 26.5. The zero-order valence-corrected chi connectivity index (χ0v) is 7.25. The fourth-order valence-corrected chi connectivity index (χ4v) is 1.30. The Bertz CT molecular complexity index is 179. The molecule has 1 rings (SSSR count). The van der Waals surface area contributed by atoms with E-state index >= 15 is 0 Å². The van der Waals surface area contributed by atoms with Crippen molar-refractivity contribution in [1.82, 2.24) is 0 Å². The Labute approximate surface area is 68.4 Å². The monoisotopic (exact) mass is 152 g/mol. The summed E-state index contributed by atoms with van der Waals surface area (Å²) in [6, 6.07) is 0. The van der Waals surface area contributed by atoms with Crippen LogP contribution in [0.4, 0.5) is 0 Å². The molecule has 1 aliphatic carbocycles. The zero-order valence-electron chi connectivity index (χ0n) is 7.25. The molecule has 11 heavy (non-hydrogen) atoms. The summed E-state index contributed by atoms with van der Waals surface area (Å²) in [6.07, 6.45) is 7.66. The van der Waals surface area contributed by atoms with Crippen LogP contribution in [0.1, 0.15) is 20.3 Å². The second-order valence-electron chi connectivity index (χ2n) is 3.37. The van der Waals surface area contributed by atoms with E-state index in [2.05, 4.69) is 32.1 Å². The SMILES string of the molecule is CC1=CC[C@H]([C@H](C)CO)C=C1. The van der Waals surface area contributed by atoms with Gasteiger partial charge in [0.2, 0.25) is 0 Å². The maximum Gasteiger partial charge on any atom is 0.0462 e. The van der Waals surface area contributed by atoms with Crippen LogP contribution in [0.15, 0.2) is 23.8 Å². The molecule has 0 unspecified atom stereocenters. The van der Waals surface area contributed by atoms with Crippen molar-refractivity contribution < 1.29 is 5.11 Å². The van der Waals surface area contributed by atoms with Crippen molar-refractivity contribution in [2.45, 2.75) is 20.3 Å². The highest BCUT2D eigenvalue weighted by molar-refractivity contribution is 5.21. The van der Waals surface area contributed by atoms with Crippen molar-refractivity contribution in [1.29, 1.82) is 0 Å². The van der Waals surface area contributed by atoms with E-state index in [4.69, 9.17) is 5.11 Å². The highest BCUT2D eigenvalue weighted by Gasteiger charge is 2.13. The predicted octanol–water partition coefficient (Wildman–Crippen LogP) is 2.14. The van der Waals surface area contributed by atoms with Crippen LogP contribution in [0.2, 0.25) is 0 Å². The Balaban J connectivity index is 2.48. The average Bonchev–Trinajstić information content (AvgIpc) is 2.05. The first-order valence-corrected chi connectivity index (χ1v) is 4.20. The van der Waals surface area contributed by atoms with Crippen LogP contribution in [0.5, 0.6) is 0 Å². The molecule has 0 amide bonds. The van der Waals surface area contributed by atoms with E-state index in [1.807, 2.05) is 0 Å². The molecule has 2 atom stereocenters. The first-order chi connectivity index (χ1) is 5.24. The summed E-state index contributed by atoms with van der Waals surface area (Å²) in [6.45, 7) is 4.49. The van der Waals surface area contributed by atoms with Gasteiger partial charge >= 0.3 is 0 Å². The Morgan fingerprint density at radius 2 is 2.45 bits per heavy atom. The van der Waals surface area contributed by atoms with E-state index in [9.17, 15) is 0 Å². The lowest BCUT2D eigenvalue weighted by molar-refractivity contribution is 0.206. The van der Waals surface area contributed by atoms with Gasteiger partial charge in [0.05, 0.1) is 0 Å². The lowest BCUT2D eigenvalue weighted by Crippen LogP contribution is -2.14. The van der Waals surface area contributed by atoms with Gasteiger partial charge in [-0.25, -0.2) is 0 Å². The van der Waals surface area contributed by atoms with Crippen molar-refractivity contribution in [3.63, 3.8) is 0 Å². The van der Waals surface area contributed by atoms with Gasteiger partial charge in [-0.1, -0.05) is 30.7 Å². The Morgan fingerprint density at radius 1 is 1.73 bits per heavy atom. The summed E-state index contributed by atoms with van der Waals surface area (Å²) in [5, 5.41) is 8.90. The van der Waals surface area contributed by atoms with Gasteiger partial charge in [-0.2, -0.15) is 0 Å². The Morgan fingerprint density at radius 3 is 2.91 bits per heavy atom. The number of hydrogen-bond acceptors (Lipinski definition) is 1. The van der Waals surface area contributed by atoms with Gasteiger partial charge in [0.1, 0.15) is 0 Å². The van der Waals surface area contributed by atoms with Gasteiger partial charge in [0.15, 0.2) is 0 Å². The van der Waals surface area contributed by atoms with Crippen LogP contribution in [0.25, 0.3) is 0 Å². The van der Waals surface area contributed by atoms with E-state index in [1.165, 1.54) is 5.57 Å². The third-order valence-electron chi connectivity index (χ3n) is 2.34. The van der Waals surface area contributed by atoms with Gasteiger partial charge < -0.3 is 5.11 Å². The van der Waals surface area contributed by atoms with Gasteiger partial charge in [0.25, 0.3) is 0 Å². The molecule has 0 saturated heterocycles. The van der Waals surface area contributed by atoms with E-state index in [-0.39, 0.29) is 0 Å². The fourth-order valence-electron chi connectivity index (χ4n) is 1.30. The van der Waals surface area contributed by atoms with Crippen LogP contribution in [0, 0.1) is 11.8 Å². The number of allylic oxidation sites excluding steroid dienone is 4. The summed E-state index contributed by atoms with van der Waals surface area (Å²) in [7, 11) is 0. The van der Waals surface area contributed by atoms with Gasteiger partial charge in [-0.05, 0) is 25.2 Å². The minimum atomic E-state index is 0.294. The third-order valence-corrected chi connectivity index (χ3v) is 2.34. The number of aliphatic hydroxyl groups excluding tert-OH is 1. The predicted molar refractivity (Wildman–Crippen MR) is 47.3 cm³/mol. The molecule has 0 aromatic heterocycles. The number of rotatable bonds is 2. The van der Waals surface area contributed by atoms with Crippen LogP contribution in [-0.4, -0.2) is 11.7 Å². The van der Waals surface area contributed by atoms with Crippen LogP contribution in [-0.2, 0) is 0 Å². The molecule has 0 spiro atoms. The fraction of sp³-hybridized carbons (Fsp3) is 0.600. The number of aliphatic hydroxyl groups is 1. The van der Waals surface area contributed by atoms with Crippen molar-refractivity contribution in [3.05, 3.63) is 23.8 Å². The standard InChI is InChI=1S/C10H16O/c1-8-3-5-10(6-4-8)9(2)7-11/h3-5,9-11H,6-7H2,1-2H3/t9-,10-/m1/s1. The largest absolute Gasteiger partial charge is 0.396 e. The van der Waals surface area contributed by atoms with Crippen molar-refractivity contribution in [2.24, 2.45) is 11.8 Å². The lowest BCUT2D eigenvalue weighted by Gasteiger charge is -2.19. The molecule has 1 aliphatic rings. The maximum atomic E-state index is 8.90. The molecule has 0 saturated carbocycles. The van der Waals surface area contributed by atoms with Crippen molar-refractivity contribution in [3.8, 4) is 0 Å². The van der Waals surface area contributed by atoms with Gasteiger partial charge in [-0.15, -0.1) is 0 Å². The van der Waals surface area contributed by atoms with Crippen molar-refractivity contribution in [2.75, 3.05) is 6.61 Å². The minimum absolute atomic E-state index is 0.294. The molecule has 0 bridgehead atoms. The summed E-state index contributed by atoms with van der Waals surface area (Å²) < 4.78 is 0. The lowest BCUT2D eigenvalue weighted by atomic mass is 9.87. The minimum Gasteiger partial charge on any atom is -0.396 e. The second kappa shape index (κ2) is 3.72. The Kier molecular flexibility index (Phi) is 2.89. The molecule has 62 valence electrons. The summed E-state index contributed by atoms with van der Waals surface area (Å²) >= 11 is 0. The third kappa shape index (κ3) is 2.19. The van der Waals surface area contributed by atoms with E-state index in [0.717, 1.165) is 6.42 Å². The Hall–Kier alpha value is -0.560. The van der Waals surface area contributed by atoms with Crippen LogP contribution < -0.4 is 0 Å². The smallest absolute Gasteiger partial charge is 0.0462 e.